The van der Waals surface area contributed by atoms with Crippen LogP contribution in [-0.2, 0) is 11.2 Å². The number of nitrogens with zero attached hydrogens (tertiary/aromatic N) is 2. The summed E-state index contributed by atoms with van der Waals surface area (Å²) in [5.74, 6) is 0. The fraction of sp³-hybridized carbons (Fsp3) is 0.643. The zero-order valence-corrected chi connectivity index (χ0v) is 12.2. The molecule has 0 saturated carbocycles. The summed E-state index contributed by atoms with van der Waals surface area (Å²) >= 11 is 1.69. The van der Waals surface area contributed by atoms with E-state index in [1.165, 1.54) is 18.5 Å². The van der Waals surface area contributed by atoms with Gasteiger partial charge in [0.2, 0.25) is 0 Å². The molecule has 1 fully saturated rings. The lowest BCUT2D eigenvalue weighted by molar-refractivity contribution is 0.0947. The molecule has 2 aromatic rings. The normalized spacial score (nSPS) is 21.2. The summed E-state index contributed by atoms with van der Waals surface area (Å²) in [5.41, 5.74) is 1.18. The third-order valence-electron chi connectivity index (χ3n) is 3.66. The molecule has 0 aliphatic carbocycles. The third kappa shape index (κ3) is 3.16. The third-order valence-corrected chi connectivity index (χ3v) is 4.43. The van der Waals surface area contributed by atoms with E-state index in [0.717, 1.165) is 31.0 Å². The smallest absolute Gasteiger partial charge is 0.193 e. The van der Waals surface area contributed by atoms with Crippen LogP contribution in [0.25, 0.3) is 4.96 Å². The number of ether oxygens (including phenoxy) is 1. The van der Waals surface area contributed by atoms with Crippen LogP contribution >= 0.6 is 11.3 Å². The molecule has 19 heavy (non-hydrogen) atoms. The first-order valence-electron chi connectivity index (χ1n) is 7.11. The maximum Gasteiger partial charge on any atom is 0.193 e. The van der Waals surface area contributed by atoms with Gasteiger partial charge in [0.25, 0.3) is 0 Å². The number of aromatic nitrogens is 2. The molecule has 0 aromatic carbocycles. The van der Waals surface area contributed by atoms with Crippen molar-refractivity contribution in [1.29, 1.82) is 0 Å². The minimum atomic E-state index is 0.438. The van der Waals surface area contributed by atoms with Gasteiger partial charge in [0.05, 0.1) is 11.8 Å². The van der Waals surface area contributed by atoms with E-state index in [2.05, 4.69) is 39.4 Å². The molecular formula is C14H21N3OS. The first kappa shape index (κ1) is 13.1. The highest BCUT2D eigenvalue weighted by atomic mass is 32.1. The second kappa shape index (κ2) is 6.03. The van der Waals surface area contributed by atoms with Gasteiger partial charge in [-0.15, -0.1) is 11.3 Å². The predicted octanol–water partition coefficient (Wildman–Crippen LogP) is 2.49. The highest BCUT2D eigenvalue weighted by Crippen LogP contribution is 2.19. The van der Waals surface area contributed by atoms with Crippen molar-refractivity contribution in [3.05, 3.63) is 23.5 Å². The topological polar surface area (TPSA) is 38.6 Å². The molecule has 1 saturated heterocycles. The predicted molar refractivity (Wildman–Crippen MR) is 77.8 cm³/mol. The molecule has 4 nitrogen and oxygen atoms in total. The Bertz CT molecular complexity index is 487. The lowest BCUT2D eigenvalue weighted by Crippen LogP contribution is -2.34. The summed E-state index contributed by atoms with van der Waals surface area (Å²) in [6.45, 7) is 4.09. The van der Waals surface area contributed by atoms with Gasteiger partial charge >= 0.3 is 0 Å². The van der Waals surface area contributed by atoms with Crippen molar-refractivity contribution in [3.8, 4) is 0 Å². The Morgan fingerprint density at radius 3 is 3.32 bits per heavy atom. The molecule has 2 aromatic heterocycles. The van der Waals surface area contributed by atoms with Crippen molar-refractivity contribution < 1.29 is 4.74 Å². The van der Waals surface area contributed by atoms with E-state index in [-0.39, 0.29) is 0 Å². The van der Waals surface area contributed by atoms with Gasteiger partial charge in [-0.3, -0.25) is 4.40 Å². The zero-order valence-electron chi connectivity index (χ0n) is 11.3. The SMILES string of the molecule is CCNC(Cc1cn2ccsc2n1)CC1CCCO1. The standard InChI is InChI=1S/C14H21N3OS/c1-2-15-11(9-13-4-3-6-18-13)8-12-10-17-5-7-19-14(17)16-12/h5,7,10-11,13,15H,2-4,6,8-9H2,1H3. The number of nitrogens with one attached hydrogen (secondary N) is 1. The van der Waals surface area contributed by atoms with Crippen molar-refractivity contribution in [2.24, 2.45) is 0 Å². The Hall–Kier alpha value is -0.910. The van der Waals surface area contributed by atoms with Crippen molar-refractivity contribution in [3.63, 3.8) is 0 Å². The van der Waals surface area contributed by atoms with Crippen LogP contribution in [0.4, 0.5) is 0 Å². The number of rotatable bonds is 6. The average molecular weight is 279 g/mol. The molecule has 0 bridgehead atoms. The van der Waals surface area contributed by atoms with Crippen LogP contribution in [0, 0.1) is 0 Å². The van der Waals surface area contributed by atoms with Gasteiger partial charge in [0, 0.05) is 36.8 Å². The quantitative estimate of drug-likeness (QED) is 0.883. The molecular weight excluding hydrogens is 258 g/mol. The van der Waals surface area contributed by atoms with E-state index in [4.69, 9.17) is 4.74 Å². The van der Waals surface area contributed by atoms with Crippen molar-refractivity contribution in [2.45, 2.75) is 44.8 Å². The van der Waals surface area contributed by atoms with Crippen molar-refractivity contribution in [1.82, 2.24) is 14.7 Å². The van der Waals surface area contributed by atoms with E-state index in [1.54, 1.807) is 11.3 Å². The Morgan fingerprint density at radius 1 is 1.63 bits per heavy atom. The molecule has 2 unspecified atom stereocenters. The van der Waals surface area contributed by atoms with Gasteiger partial charge in [-0.05, 0) is 25.8 Å². The molecule has 5 heteroatoms. The second-order valence-electron chi connectivity index (χ2n) is 5.15. The zero-order chi connectivity index (χ0) is 13.1. The van der Waals surface area contributed by atoms with Gasteiger partial charge < -0.3 is 10.1 Å². The van der Waals surface area contributed by atoms with Crippen LogP contribution in [-0.4, -0.2) is 34.7 Å². The van der Waals surface area contributed by atoms with Gasteiger partial charge in [0.15, 0.2) is 4.96 Å². The molecule has 2 atom stereocenters. The van der Waals surface area contributed by atoms with Gasteiger partial charge in [-0.25, -0.2) is 4.98 Å². The first-order chi connectivity index (χ1) is 9.35. The number of thiazole rings is 1. The van der Waals surface area contributed by atoms with Crippen molar-refractivity contribution in [2.75, 3.05) is 13.2 Å². The molecule has 1 aliphatic rings. The lowest BCUT2D eigenvalue weighted by atomic mass is 10.0. The number of hydrogen-bond donors (Lipinski definition) is 1. The van der Waals surface area contributed by atoms with Crippen LogP contribution in [0.15, 0.2) is 17.8 Å². The summed E-state index contributed by atoms with van der Waals surface area (Å²) in [6.07, 6.45) is 9.16. The van der Waals surface area contributed by atoms with E-state index in [0.29, 0.717) is 12.1 Å². The fourth-order valence-electron chi connectivity index (χ4n) is 2.80. The van der Waals surface area contributed by atoms with E-state index in [1.807, 2.05) is 0 Å². The van der Waals surface area contributed by atoms with Crippen LogP contribution in [0.5, 0.6) is 0 Å². The Balaban J connectivity index is 1.64. The Labute approximate surface area is 117 Å². The molecule has 1 aliphatic heterocycles. The van der Waals surface area contributed by atoms with E-state index < -0.39 is 0 Å². The maximum absolute atomic E-state index is 5.75. The van der Waals surface area contributed by atoms with Gasteiger partial charge in [0.1, 0.15) is 0 Å². The van der Waals surface area contributed by atoms with Gasteiger partial charge in [-0.2, -0.15) is 0 Å². The monoisotopic (exact) mass is 279 g/mol. The number of likely N-dealkylation sites (N-methyl/N-ethyl adjacent to an activating group) is 1. The molecule has 0 amide bonds. The summed E-state index contributed by atoms with van der Waals surface area (Å²) < 4.78 is 7.85. The second-order valence-corrected chi connectivity index (χ2v) is 6.03. The maximum atomic E-state index is 5.75. The molecule has 3 rings (SSSR count). The summed E-state index contributed by atoms with van der Waals surface area (Å²) in [5, 5.41) is 5.64. The number of fused-ring (bicyclic) bond motifs is 1. The fourth-order valence-corrected chi connectivity index (χ4v) is 3.52. The molecule has 104 valence electrons. The van der Waals surface area contributed by atoms with Crippen LogP contribution < -0.4 is 5.32 Å². The Kier molecular flexibility index (Phi) is 4.15. The van der Waals surface area contributed by atoms with Crippen LogP contribution in [0.1, 0.15) is 31.9 Å². The number of imidazole rings is 1. The summed E-state index contributed by atoms with van der Waals surface area (Å²) in [6, 6.07) is 0.470. The van der Waals surface area contributed by atoms with E-state index in [9.17, 15) is 0 Å². The average Bonchev–Trinajstić information content (AvgIpc) is 3.05. The highest BCUT2D eigenvalue weighted by molar-refractivity contribution is 7.15. The molecule has 3 heterocycles. The van der Waals surface area contributed by atoms with Gasteiger partial charge in [-0.1, -0.05) is 6.92 Å². The largest absolute Gasteiger partial charge is 0.378 e. The minimum Gasteiger partial charge on any atom is -0.378 e. The van der Waals surface area contributed by atoms with Crippen LogP contribution in [0.3, 0.4) is 0 Å². The summed E-state index contributed by atoms with van der Waals surface area (Å²) in [4.78, 5) is 5.76. The highest BCUT2D eigenvalue weighted by Gasteiger charge is 2.21. The van der Waals surface area contributed by atoms with Crippen LogP contribution in [0.2, 0.25) is 0 Å². The number of hydrogen-bond acceptors (Lipinski definition) is 4. The van der Waals surface area contributed by atoms with Crippen molar-refractivity contribution >= 4 is 16.3 Å². The lowest BCUT2D eigenvalue weighted by Gasteiger charge is -2.20. The Morgan fingerprint density at radius 2 is 2.58 bits per heavy atom. The van der Waals surface area contributed by atoms with E-state index >= 15 is 0 Å². The summed E-state index contributed by atoms with van der Waals surface area (Å²) in [7, 11) is 0. The molecule has 0 radical (unpaired) electrons. The molecule has 1 N–H and O–H groups in total. The molecule has 0 spiro atoms. The minimum absolute atomic E-state index is 0.438. The first-order valence-corrected chi connectivity index (χ1v) is 7.99.